The Morgan fingerprint density at radius 1 is 1.35 bits per heavy atom. The Morgan fingerprint density at radius 2 is 2.05 bits per heavy atom. The molecule has 4 nitrogen and oxygen atoms in total. The standard InChI is InChI=1S/C13H15F3N2O2/c14-13(15,16)11-8-10(18(19)20)5-6-12(11)17-7-1-2-9-3-4-9/h5-6,8-9,17H,1-4,7H2. The number of hydrogen-bond donors (Lipinski definition) is 1. The van der Waals surface area contributed by atoms with Crippen LogP contribution in [0.5, 0.6) is 0 Å². The van der Waals surface area contributed by atoms with E-state index in [4.69, 9.17) is 0 Å². The Kier molecular flexibility index (Phi) is 4.15. The lowest BCUT2D eigenvalue weighted by Crippen LogP contribution is -2.12. The lowest BCUT2D eigenvalue weighted by molar-refractivity contribution is -0.385. The van der Waals surface area contributed by atoms with E-state index in [1.54, 1.807) is 0 Å². The molecule has 20 heavy (non-hydrogen) atoms. The van der Waals surface area contributed by atoms with Gasteiger partial charge in [-0.3, -0.25) is 10.1 Å². The normalized spacial score (nSPS) is 15.2. The Bertz CT molecular complexity index is 499. The molecule has 1 fully saturated rings. The van der Waals surface area contributed by atoms with Gasteiger partial charge in [-0.15, -0.1) is 0 Å². The van der Waals surface area contributed by atoms with Crippen LogP contribution < -0.4 is 5.32 Å². The van der Waals surface area contributed by atoms with Crippen molar-refractivity contribution in [2.45, 2.75) is 31.9 Å². The molecule has 0 bridgehead atoms. The highest BCUT2D eigenvalue weighted by Gasteiger charge is 2.35. The monoisotopic (exact) mass is 288 g/mol. The summed E-state index contributed by atoms with van der Waals surface area (Å²) in [5, 5.41) is 13.3. The summed E-state index contributed by atoms with van der Waals surface area (Å²) in [6, 6.07) is 2.78. The van der Waals surface area contributed by atoms with Gasteiger partial charge < -0.3 is 5.32 Å². The van der Waals surface area contributed by atoms with Crippen LogP contribution >= 0.6 is 0 Å². The number of hydrogen-bond acceptors (Lipinski definition) is 3. The molecule has 1 aromatic carbocycles. The number of nitrogens with one attached hydrogen (secondary N) is 1. The number of alkyl halides is 3. The van der Waals surface area contributed by atoms with Crippen LogP contribution in [0.15, 0.2) is 18.2 Å². The molecule has 110 valence electrons. The van der Waals surface area contributed by atoms with Gasteiger partial charge in [-0.25, -0.2) is 0 Å². The fourth-order valence-corrected chi connectivity index (χ4v) is 2.05. The second-order valence-corrected chi connectivity index (χ2v) is 5.00. The van der Waals surface area contributed by atoms with E-state index in [-0.39, 0.29) is 5.69 Å². The molecule has 1 N–H and O–H groups in total. The highest BCUT2D eigenvalue weighted by molar-refractivity contribution is 5.57. The van der Waals surface area contributed by atoms with Gasteiger partial charge in [0.15, 0.2) is 0 Å². The number of halogens is 3. The number of nitrogens with zero attached hydrogens (tertiary/aromatic N) is 1. The van der Waals surface area contributed by atoms with Crippen molar-refractivity contribution in [3.8, 4) is 0 Å². The van der Waals surface area contributed by atoms with Gasteiger partial charge in [0.1, 0.15) is 0 Å². The summed E-state index contributed by atoms with van der Waals surface area (Å²) in [4.78, 5) is 9.72. The number of rotatable bonds is 6. The smallest absolute Gasteiger partial charge is 0.385 e. The molecule has 0 amide bonds. The van der Waals surface area contributed by atoms with Gasteiger partial charge in [-0.2, -0.15) is 13.2 Å². The summed E-state index contributed by atoms with van der Waals surface area (Å²) in [6.07, 6.45) is -0.359. The highest BCUT2D eigenvalue weighted by Crippen LogP contribution is 2.37. The fraction of sp³-hybridized carbons (Fsp3) is 0.538. The van der Waals surface area contributed by atoms with Crippen molar-refractivity contribution < 1.29 is 18.1 Å². The van der Waals surface area contributed by atoms with E-state index in [1.165, 1.54) is 12.8 Å². The molecule has 0 radical (unpaired) electrons. The first kappa shape index (κ1) is 14.6. The number of nitro benzene ring substituents is 1. The van der Waals surface area contributed by atoms with Gasteiger partial charge in [-0.05, 0) is 24.8 Å². The average molecular weight is 288 g/mol. The molecule has 1 aliphatic rings. The van der Waals surface area contributed by atoms with Crippen molar-refractivity contribution in [3.63, 3.8) is 0 Å². The third kappa shape index (κ3) is 3.85. The van der Waals surface area contributed by atoms with Gasteiger partial charge >= 0.3 is 6.18 Å². The zero-order valence-corrected chi connectivity index (χ0v) is 10.7. The van der Waals surface area contributed by atoms with Crippen molar-refractivity contribution in [2.24, 2.45) is 5.92 Å². The first-order valence-electron chi connectivity index (χ1n) is 6.47. The van der Waals surface area contributed by atoms with Crippen molar-refractivity contribution >= 4 is 11.4 Å². The van der Waals surface area contributed by atoms with E-state index in [9.17, 15) is 23.3 Å². The summed E-state index contributed by atoms with van der Waals surface area (Å²) >= 11 is 0. The number of nitro groups is 1. The Morgan fingerprint density at radius 3 is 2.60 bits per heavy atom. The molecule has 2 rings (SSSR count). The van der Waals surface area contributed by atoms with Crippen molar-refractivity contribution in [2.75, 3.05) is 11.9 Å². The van der Waals surface area contributed by atoms with Crippen LogP contribution in [0.4, 0.5) is 24.5 Å². The maximum Gasteiger partial charge on any atom is 0.418 e. The predicted octanol–water partition coefficient (Wildman–Crippen LogP) is 4.22. The Labute approximate surface area is 114 Å². The van der Waals surface area contributed by atoms with E-state index in [1.807, 2.05) is 0 Å². The first-order valence-corrected chi connectivity index (χ1v) is 6.47. The molecular formula is C13H15F3N2O2. The number of benzene rings is 1. The summed E-state index contributed by atoms with van der Waals surface area (Å²) < 4.78 is 38.6. The van der Waals surface area contributed by atoms with Crippen LogP contribution in [-0.2, 0) is 6.18 Å². The minimum absolute atomic E-state index is 0.0982. The molecule has 0 aliphatic heterocycles. The molecule has 7 heteroatoms. The third-order valence-corrected chi connectivity index (χ3v) is 3.32. The molecule has 0 atom stereocenters. The van der Waals surface area contributed by atoms with Gasteiger partial charge in [0, 0.05) is 24.4 Å². The van der Waals surface area contributed by atoms with Gasteiger partial charge in [0.05, 0.1) is 10.5 Å². The molecule has 1 saturated carbocycles. The predicted molar refractivity (Wildman–Crippen MR) is 68.5 cm³/mol. The van der Waals surface area contributed by atoms with Crippen LogP contribution in [0.1, 0.15) is 31.2 Å². The van der Waals surface area contributed by atoms with E-state index in [0.717, 1.165) is 30.9 Å². The van der Waals surface area contributed by atoms with Gasteiger partial charge in [0.2, 0.25) is 0 Å². The van der Waals surface area contributed by atoms with E-state index < -0.39 is 22.4 Å². The summed E-state index contributed by atoms with van der Waals surface area (Å²) in [7, 11) is 0. The maximum atomic E-state index is 12.9. The quantitative estimate of drug-likeness (QED) is 0.484. The summed E-state index contributed by atoms with van der Waals surface area (Å²) in [5.74, 6) is 0.732. The largest absolute Gasteiger partial charge is 0.418 e. The first-order chi connectivity index (χ1) is 9.38. The SMILES string of the molecule is O=[N+]([O-])c1ccc(NCCCC2CC2)c(C(F)(F)F)c1. The minimum Gasteiger partial charge on any atom is -0.385 e. The molecule has 0 unspecified atom stereocenters. The molecule has 0 heterocycles. The number of non-ortho nitro benzene ring substituents is 1. The van der Waals surface area contributed by atoms with Gasteiger partial charge in [0.25, 0.3) is 5.69 Å². The minimum atomic E-state index is -4.61. The van der Waals surface area contributed by atoms with E-state index in [2.05, 4.69) is 5.32 Å². The molecule has 0 aromatic heterocycles. The van der Waals surface area contributed by atoms with Gasteiger partial charge in [-0.1, -0.05) is 12.8 Å². The average Bonchev–Trinajstić information content (AvgIpc) is 3.17. The van der Waals surface area contributed by atoms with Crippen LogP contribution in [0.25, 0.3) is 0 Å². The molecule has 0 saturated heterocycles. The Hall–Kier alpha value is -1.79. The number of anilines is 1. The van der Waals surface area contributed by atoms with Crippen molar-refractivity contribution in [1.82, 2.24) is 0 Å². The van der Waals surface area contributed by atoms with Crippen LogP contribution in [0.2, 0.25) is 0 Å². The molecular weight excluding hydrogens is 273 g/mol. The van der Waals surface area contributed by atoms with Crippen molar-refractivity contribution in [1.29, 1.82) is 0 Å². The molecule has 1 aliphatic carbocycles. The topological polar surface area (TPSA) is 55.2 Å². The third-order valence-electron chi connectivity index (χ3n) is 3.32. The molecule has 0 spiro atoms. The lowest BCUT2D eigenvalue weighted by Gasteiger charge is -2.14. The van der Waals surface area contributed by atoms with Crippen LogP contribution in [0, 0.1) is 16.0 Å². The Balaban J connectivity index is 2.07. The maximum absolute atomic E-state index is 12.9. The zero-order valence-electron chi connectivity index (χ0n) is 10.7. The molecule has 1 aromatic rings. The van der Waals surface area contributed by atoms with E-state index in [0.29, 0.717) is 12.6 Å². The summed E-state index contributed by atoms with van der Waals surface area (Å²) in [5.41, 5.74) is -1.64. The highest BCUT2D eigenvalue weighted by atomic mass is 19.4. The van der Waals surface area contributed by atoms with Crippen molar-refractivity contribution in [3.05, 3.63) is 33.9 Å². The lowest BCUT2D eigenvalue weighted by atomic mass is 10.1. The second-order valence-electron chi connectivity index (χ2n) is 5.00. The zero-order chi connectivity index (χ0) is 14.8. The second kappa shape index (κ2) is 5.68. The van der Waals surface area contributed by atoms with Crippen LogP contribution in [0.3, 0.4) is 0 Å². The van der Waals surface area contributed by atoms with E-state index >= 15 is 0 Å². The fourth-order valence-electron chi connectivity index (χ4n) is 2.05. The van der Waals surface area contributed by atoms with Crippen LogP contribution in [-0.4, -0.2) is 11.5 Å². The summed E-state index contributed by atoms with van der Waals surface area (Å²) in [6.45, 7) is 0.442.